The van der Waals surface area contributed by atoms with E-state index in [4.69, 9.17) is 9.72 Å². The van der Waals surface area contributed by atoms with Gasteiger partial charge in [0.05, 0.1) is 7.11 Å². The smallest absolute Gasteiger partial charge is 0.359 e. The summed E-state index contributed by atoms with van der Waals surface area (Å²) in [5, 5.41) is 13.0. The molecule has 0 saturated carbocycles. The van der Waals surface area contributed by atoms with E-state index < -0.39 is 6.04 Å². The third-order valence-corrected chi connectivity index (χ3v) is 5.84. The van der Waals surface area contributed by atoms with Crippen LogP contribution >= 0.6 is 0 Å². The molecule has 0 spiro atoms. The van der Waals surface area contributed by atoms with Gasteiger partial charge in [0, 0.05) is 18.4 Å². The van der Waals surface area contributed by atoms with E-state index >= 15 is 0 Å². The van der Waals surface area contributed by atoms with Crippen LogP contribution in [0.3, 0.4) is 0 Å². The molecule has 0 fully saturated rings. The fourth-order valence-electron chi connectivity index (χ4n) is 4.09. The monoisotopic (exact) mass is 438 g/mol. The minimum atomic E-state index is -0.406. The van der Waals surface area contributed by atoms with Gasteiger partial charge in [0.2, 0.25) is 0 Å². The Morgan fingerprint density at radius 3 is 2.39 bits per heavy atom. The fraction of sp³-hybridized carbons (Fsp3) is 0.148. The van der Waals surface area contributed by atoms with Crippen LogP contribution in [0, 0.1) is 0 Å². The molecule has 33 heavy (non-hydrogen) atoms. The number of carbonyl (C=O) groups is 1. The number of aromatic nitrogens is 2. The molecule has 5 rings (SSSR count). The average molecular weight is 439 g/mol. The Morgan fingerprint density at radius 1 is 0.970 bits per heavy atom. The van der Waals surface area contributed by atoms with E-state index in [0.29, 0.717) is 12.8 Å². The molecule has 0 bridgehead atoms. The van der Waals surface area contributed by atoms with Crippen LogP contribution in [-0.2, 0) is 12.8 Å². The zero-order valence-corrected chi connectivity index (χ0v) is 18.2. The number of hydrogen-bond acceptors (Lipinski definition) is 5. The van der Waals surface area contributed by atoms with Crippen LogP contribution in [0.25, 0.3) is 11.3 Å². The predicted octanol–water partition coefficient (Wildman–Crippen LogP) is 4.02. The Balaban J connectivity index is 1.53. The first-order chi connectivity index (χ1) is 16.1. The highest BCUT2D eigenvalue weighted by atomic mass is 16.5. The standard InChI is InChI=1S/C27H23N3O3/c1-33-22-13-9-20(10-14-22)25-17-30-26(23(28-25)15-18-5-3-2-4-6-18)29-24(27(30)32)16-19-7-11-21(31)12-8-19/h2-14,17,24,31H,15-16H2,1H3/p+1. The lowest BCUT2D eigenvalue weighted by atomic mass is 10.1. The van der Waals surface area contributed by atoms with Crippen LogP contribution in [0.1, 0.15) is 21.6 Å². The maximum absolute atomic E-state index is 13.4. The lowest BCUT2D eigenvalue weighted by molar-refractivity contribution is -0.552. The zero-order valence-electron chi connectivity index (χ0n) is 18.2. The fourth-order valence-corrected chi connectivity index (χ4v) is 4.09. The molecule has 0 radical (unpaired) electrons. The van der Waals surface area contributed by atoms with Gasteiger partial charge in [-0.2, -0.15) is 4.57 Å². The second-order valence-corrected chi connectivity index (χ2v) is 8.09. The molecular weight excluding hydrogens is 414 g/mol. The van der Waals surface area contributed by atoms with Crippen LogP contribution in [0.4, 0.5) is 5.82 Å². The lowest BCUT2D eigenvalue weighted by Gasteiger charge is -2.08. The summed E-state index contributed by atoms with van der Waals surface area (Å²) < 4.78 is 6.96. The number of hydrogen-bond donors (Lipinski definition) is 2. The molecule has 0 saturated heterocycles. The number of anilines is 1. The van der Waals surface area contributed by atoms with Crippen molar-refractivity contribution in [2.45, 2.75) is 18.9 Å². The lowest BCUT2D eigenvalue weighted by Crippen LogP contribution is -2.44. The van der Waals surface area contributed by atoms with E-state index in [1.807, 2.05) is 54.6 Å². The number of phenolic OH excluding ortho intramolecular Hbond substituents is 1. The number of phenols is 1. The molecule has 6 nitrogen and oxygen atoms in total. The number of ether oxygens (including phenoxy) is 1. The van der Waals surface area contributed by atoms with E-state index in [2.05, 4.69) is 17.4 Å². The summed E-state index contributed by atoms with van der Waals surface area (Å²) in [5.74, 6) is 1.68. The van der Waals surface area contributed by atoms with E-state index in [-0.39, 0.29) is 11.7 Å². The topological polar surface area (TPSA) is 75.3 Å². The molecule has 3 aromatic carbocycles. The molecule has 2 N–H and O–H groups in total. The van der Waals surface area contributed by atoms with Crippen molar-refractivity contribution in [1.29, 1.82) is 0 Å². The molecule has 0 aliphatic carbocycles. The summed E-state index contributed by atoms with van der Waals surface area (Å²) in [6.45, 7) is 0. The molecule has 1 aliphatic heterocycles. The Bertz CT molecular complexity index is 1290. The van der Waals surface area contributed by atoms with Crippen LogP contribution in [0.5, 0.6) is 11.5 Å². The summed E-state index contributed by atoms with van der Waals surface area (Å²) in [6, 6.07) is 24.3. The summed E-state index contributed by atoms with van der Waals surface area (Å²) >= 11 is 0. The first-order valence-electron chi connectivity index (χ1n) is 10.8. The molecule has 0 amide bonds. The van der Waals surface area contributed by atoms with Gasteiger partial charge in [0.25, 0.3) is 0 Å². The van der Waals surface area contributed by atoms with Crippen LogP contribution < -0.4 is 14.6 Å². The maximum atomic E-state index is 13.4. The molecule has 1 unspecified atom stereocenters. The van der Waals surface area contributed by atoms with Gasteiger partial charge in [-0.1, -0.05) is 42.5 Å². The van der Waals surface area contributed by atoms with Crippen molar-refractivity contribution >= 4 is 11.7 Å². The van der Waals surface area contributed by atoms with E-state index in [1.54, 1.807) is 30.0 Å². The Morgan fingerprint density at radius 2 is 1.70 bits per heavy atom. The van der Waals surface area contributed by atoms with Crippen molar-refractivity contribution in [3.8, 4) is 22.8 Å². The average Bonchev–Trinajstić information content (AvgIpc) is 3.17. The molecule has 1 aromatic heterocycles. The Labute approximate surface area is 192 Å². The quantitative estimate of drug-likeness (QED) is 0.445. The predicted molar refractivity (Wildman–Crippen MR) is 126 cm³/mol. The van der Waals surface area contributed by atoms with Crippen LogP contribution in [0.2, 0.25) is 0 Å². The number of benzene rings is 3. The van der Waals surface area contributed by atoms with Gasteiger partial charge >= 0.3 is 11.7 Å². The van der Waals surface area contributed by atoms with Gasteiger partial charge in [-0.3, -0.25) is 5.32 Å². The van der Waals surface area contributed by atoms with Crippen molar-refractivity contribution in [2.24, 2.45) is 0 Å². The Kier molecular flexibility index (Phi) is 5.48. The minimum Gasteiger partial charge on any atom is -0.508 e. The van der Waals surface area contributed by atoms with Gasteiger partial charge < -0.3 is 9.84 Å². The number of rotatable bonds is 6. The first kappa shape index (κ1) is 20.7. The first-order valence-corrected chi connectivity index (χ1v) is 10.8. The van der Waals surface area contributed by atoms with Crippen LogP contribution in [-0.4, -0.2) is 29.1 Å². The second kappa shape index (κ2) is 8.74. The number of carbonyl (C=O) groups excluding carboxylic acids is 1. The molecule has 6 heteroatoms. The zero-order chi connectivity index (χ0) is 22.8. The summed E-state index contributed by atoms with van der Waals surface area (Å²) in [5.41, 5.74) is 4.55. The van der Waals surface area contributed by atoms with Gasteiger partial charge in [-0.05, 0) is 47.5 Å². The van der Waals surface area contributed by atoms with E-state index in [9.17, 15) is 9.90 Å². The van der Waals surface area contributed by atoms with Gasteiger partial charge in [0.1, 0.15) is 29.1 Å². The third kappa shape index (κ3) is 4.28. The van der Waals surface area contributed by atoms with Crippen molar-refractivity contribution in [1.82, 2.24) is 4.98 Å². The van der Waals surface area contributed by atoms with Crippen molar-refractivity contribution in [3.05, 3.63) is 102 Å². The largest absolute Gasteiger partial charge is 0.508 e. The molecule has 1 aliphatic rings. The molecule has 4 aromatic rings. The maximum Gasteiger partial charge on any atom is 0.359 e. The summed E-state index contributed by atoms with van der Waals surface area (Å²) in [7, 11) is 1.63. The number of nitrogens with one attached hydrogen (secondary N) is 1. The SMILES string of the molecule is COc1ccc(-c2c[n+]3c(c(Cc4ccccc4)n2)NC(Cc2ccc(O)cc2)C3=O)cc1. The van der Waals surface area contributed by atoms with Crippen molar-refractivity contribution in [3.63, 3.8) is 0 Å². The highest BCUT2D eigenvalue weighted by Crippen LogP contribution is 2.26. The molecular formula is C27H24N3O3+. The van der Waals surface area contributed by atoms with E-state index in [0.717, 1.165) is 39.6 Å². The van der Waals surface area contributed by atoms with Crippen molar-refractivity contribution < 1.29 is 19.2 Å². The number of nitrogens with zero attached hydrogens (tertiary/aromatic N) is 2. The molecule has 1 atom stereocenters. The normalized spacial score (nSPS) is 14.6. The van der Waals surface area contributed by atoms with Crippen LogP contribution in [0.15, 0.2) is 85.1 Å². The van der Waals surface area contributed by atoms with Gasteiger partial charge in [0.15, 0.2) is 6.04 Å². The van der Waals surface area contributed by atoms with E-state index in [1.165, 1.54) is 0 Å². The summed E-state index contributed by atoms with van der Waals surface area (Å²) in [4.78, 5) is 18.3. The number of aromatic hydroxyl groups is 1. The minimum absolute atomic E-state index is 0.0236. The second-order valence-electron chi connectivity index (χ2n) is 8.09. The highest BCUT2D eigenvalue weighted by Gasteiger charge is 2.41. The Hall–Kier alpha value is -4.19. The third-order valence-electron chi connectivity index (χ3n) is 5.84. The number of fused-ring (bicyclic) bond motifs is 1. The van der Waals surface area contributed by atoms with Gasteiger partial charge in [-0.25, -0.2) is 9.78 Å². The van der Waals surface area contributed by atoms with Gasteiger partial charge in [-0.15, -0.1) is 0 Å². The number of methoxy groups -OCH3 is 1. The molecule has 2 heterocycles. The van der Waals surface area contributed by atoms with Crippen molar-refractivity contribution in [2.75, 3.05) is 12.4 Å². The highest BCUT2D eigenvalue weighted by molar-refractivity contribution is 5.82. The molecule has 164 valence electrons. The summed E-state index contributed by atoms with van der Waals surface area (Å²) in [6.07, 6.45) is 2.92.